The van der Waals surface area contributed by atoms with Crippen molar-refractivity contribution in [1.29, 1.82) is 0 Å². The third-order valence-electron chi connectivity index (χ3n) is 7.07. The highest BCUT2D eigenvalue weighted by Crippen LogP contribution is 2.33. The number of hydrogen-bond donors (Lipinski definition) is 2. The van der Waals surface area contributed by atoms with Gasteiger partial charge in [-0.15, -0.1) is 0 Å². The molecule has 2 aliphatic heterocycles. The molecule has 3 amide bonds. The largest absolute Gasteiger partial charge is 0.490 e. The maximum absolute atomic E-state index is 13.4. The second-order valence-electron chi connectivity index (χ2n) is 9.79. The van der Waals surface area contributed by atoms with E-state index in [1.54, 1.807) is 30.1 Å². The SMILES string of the molecule is CN1C(=O)c2cc(NC(=O)c3ccc(F)cc3)ccc2OC[C@H]2O[C@H](CC(=O)NCC3CC3)CC[C@@H]21. The summed E-state index contributed by atoms with van der Waals surface area (Å²) in [5.74, 6) is -0.0370. The summed E-state index contributed by atoms with van der Waals surface area (Å²) >= 11 is 0. The summed E-state index contributed by atoms with van der Waals surface area (Å²) in [6.45, 7) is 0.984. The van der Waals surface area contributed by atoms with Gasteiger partial charge in [0.1, 0.15) is 24.3 Å². The topological polar surface area (TPSA) is 97.0 Å². The molecule has 0 aromatic heterocycles. The minimum atomic E-state index is -0.424. The molecular weight excluding hydrogens is 465 g/mol. The van der Waals surface area contributed by atoms with Crippen LogP contribution in [0.3, 0.4) is 0 Å². The molecule has 2 fully saturated rings. The first kappa shape index (κ1) is 24.2. The number of carbonyl (C=O) groups is 3. The molecule has 0 unspecified atom stereocenters. The van der Waals surface area contributed by atoms with E-state index in [-0.39, 0.29) is 36.7 Å². The van der Waals surface area contributed by atoms with E-state index in [9.17, 15) is 18.8 Å². The predicted octanol–water partition coefficient (Wildman–Crippen LogP) is 3.37. The van der Waals surface area contributed by atoms with E-state index in [4.69, 9.17) is 9.47 Å². The maximum Gasteiger partial charge on any atom is 0.257 e. The van der Waals surface area contributed by atoms with E-state index in [2.05, 4.69) is 10.6 Å². The molecule has 1 aliphatic carbocycles. The molecule has 2 aromatic carbocycles. The van der Waals surface area contributed by atoms with Crippen LogP contribution in [0.2, 0.25) is 0 Å². The summed E-state index contributed by atoms with van der Waals surface area (Å²) in [6, 6.07) is 9.93. The number of anilines is 1. The molecule has 36 heavy (non-hydrogen) atoms. The molecule has 8 nitrogen and oxygen atoms in total. The summed E-state index contributed by atoms with van der Waals surface area (Å²) in [6.07, 6.45) is 3.50. The van der Waals surface area contributed by atoms with Crippen LogP contribution < -0.4 is 15.4 Å². The van der Waals surface area contributed by atoms with Gasteiger partial charge in [-0.1, -0.05) is 0 Å². The number of likely N-dealkylation sites (N-methyl/N-ethyl adjacent to an activating group) is 1. The van der Waals surface area contributed by atoms with Crippen molar-refractivity contribution in [3.05, 3.63) is 59.4 Å². The molecule has 1 saturated carbocycles. The molecule has 1 saturated heterocycles. The fraction of sp³-hybridized carbons (Fsp3) is 0.444. The summed E-state index contributed by atoms with van der Waals surface area (Å²) in [5, 5.41) is 5.74. The van der Waals surface area contributed by atoms with Gasteiger partial charge in [-0.05, 0) is 74.1 Å². The molecule has 3 aliphatic rings. The lowest BCUT2D eigenvalue weighted by molar-refractivity contribution is -0.134. The van der Waals surface area contributed by atoms with Crippen molar-refractivity contribution in [2.24, 2.45) is 5.92 Å². The Labute approximate surface area is 209 Å². The highest BCUT2D eigenvalue weighted by molar-refractivity contribution is 6.05. The fourth-order valence-electron chi connectivity index (χ4n) is 4.77. The number of amides is 3. The molecule has 3 atom stereocenters. The van der Waals surface area contributed by atoms with Gasteiger partial charge in [0.2, 0.25) is 5.91 Å². The number of carbonyl (C=O) groups excluding carboxylic acids is 3. The van der Waals surface area contributed by atoms with Crippen molar-refractivity contribution in [2.45, 2.75) is 50.4 Å². The first-order valence-electron chi connectivity index (χ1n) is 12.4. The number of nitrogens with zero attached hydrogens (tertiary/aromatic N) is 1. The van der Waals surface area contributed by atoms with Gasteiger partial charge in [0.25, 0.3) is 11.8 Å². The molecule has 0 radical (unpaired) electrons. The lowest BCUT2D eigenvalue weighted by Gasteiger charge is -2.42. The number of benzene rings is 2. The minimum absolute atomic E-state index is 0.00195. The van der Waals surface area contributed by atoms with Gasteiger partial charge in [-0.2, -0.15) is 0 Å². The van der Waals surface area contributed by atoms with Crippen LogP contribution in [0.15, 0.2) is 42.5 Å². The molecule has 2 heterocycles. The Bertz CT molecular complexity index is 1150. The Kier molecular flexibility index (Phi) is 6.91. The average molecular weight is 496 g/mol. The van der Waals surface area contributed by atoms with Crippen molar-refractivity contribution in [3.63, 3.8) is 0 Å². The first-order valence-corrected chi connectivity index (χ1v) is 12.4. The van der Waals surface area contributed by atoms with Crippen LogP contribution in [0, 0.1) is 11.7 Å². The van der Waals surface area contributed by atoms with E-state index in [0.29, 0.717) is 47.7 Å². The Balaban J connectivity index is 1.25. The van der Waals surface area contributed by atoms with Crippen molar-refractivity contribution in [3.8, 4) is 5.75 Å². The van der Waals surface area contributed by atoms with Crippen LogP contribution in [0.25, 0.3) is 0 Å². The number of hydrogen-bond acceptors (Lipinski definition) is 5. The lowest BCUT2D eigenvalue weighted by Crippen LogP contribution is -2.54. The van der Waals surface area contributed by atoms with Crippen LogP contribution in [0.4, 0.5) is 10.1 Å². The second-order valence-corrected chi connectivity index (χ2v) is 9.79. The third-order valence-corrected chi connectivity index (χ3v) is 7.07. The number of rotatable bonds is 6. The molecule has 5 rings (SSSR count). The molecule has 9 heteroatoms. The summed E-state index contributed by atoms with van der Waals surface area (Å²) in [4.78, 5) is 39.9. The highest BCUT2D eigenvalue weighted by atomic mass is 19.1. The van der Waals surface area contributed by atoms with Gasteiger partial charge in [-0.25, -0.2) is 4.39 Å². The monoisotopic (exact) mass is 495 g/mol. The Morgan fingerprint density at radius 1 is 1.08 bits per heavy atom. The standard InChI is InChI=1S/C27H30FN3O5/c1-31-22-10-9-20(13-25(32)29-14-16-2-3-16)36-24(22)15-35-23-11-8-19(12-21(23)27(31)34)30-26(33)17-4-6-18(28)7-5-17/h4-8,11-12,16,20,22,24H,2-3,9-10,13-15H2,1H3,(H,29,32)(H,30,33)/t20-,22-,24+/m0/s1. The van der Waals surface area contributed by atoms with Gasteiger partial charge < -0.3 is 25.0 Å². The van der Waals surface area contributed by atoms with Gasteiger partial charge in [0.05, 0.1) is 24.1 Å². The van der Waals surface area contributed by atoms with Gasteiger partial charge >= 0.3 is 0 Å². The number of halogens is 1. The van der Waals surface area contributed by atoms with E-state index in [0.717, 1.165) is 6.54 Å². The van der Waals surface area contributed by atoms with Crippen molar-refractivity contribution < 1.29 is 28.2 Å². The van der Waals surface area contributed by atoms with Gasteiger partial charge in [0.15, 0.2) is 0 Å². The summed E-state index contributed by atoms with van der Waals surface area (Å²) in [7, 11) is 1.74. The van der Waals surface area contributed by atoms with Crippen molar-refractivity contribution in [1.82, 2.24) is 10.2 Å². The van der Waals surface area contributed by atoms with Crippen molar-refractivity contribution >= 4 is 23.4 Å². The minimum Gasteiger partial charge on any atom is -0.490 e. The van der Waals surface area contributed by atoms with Crippen LogP contribution >= 0.6 is 0 Å². The number of nitrogens with one attached hydrogen (secondary N) is 2. The number of ether oxygens (including phenoxy) is 2. The quantitative estimate of drug-likeness (QED) is 0.641. The predicted molar refractivity (Wildman–Crippen MR) is 130 cm³/mol. The van der Waals surface area contributed by atoms with Crippen LogP contribution in [0.5, 0.6) is 5.75 Å². The molecule has 0 spiro atoms. The van der Waals surface area contributed by atoms with E-state index in [1.165, 1.54) is 37.1 Å². The summed E-state index contributed by atoms with van der Waals surface area (Å²) in [5.41, 5.74) is 1.08. The fourth-order valence-corrected chi connectivity index (χ4v) is 4.77. The van der Waals surface area contributed by atoms with Gasteiger partial charge in [-0.3, -0.25) is 14.4 Å². The molecule has 2 N–H and O–H groups in total. The zero-order valence-corrected chi connectivity index (χ0v) is 20.2. The zero-order valence-electron chi connectivity index (χ0n) is 20.2. The molecule has 190 valence electrons. The van der Waals surface area contributed by atoms with Crippen LogP contribution in [-0.4, -0.2) is 61.1 Å². The van der Waals surface area contributed by atoms with E-state index >= 15 is 0 Å². The Hall–Kier alpha value is -3.46. The van der Waals surface area contributed by atoms with Crippen molar-refractivity contribution in [2.75, 3.05) is 25.5 Å². The number of fused-ring (bicyclic) bond motifs is 2. The smallest absolute Gasteiger partial charge is 0.257 e. The first-order chi connectivity index (χ1) is 17.4. The molecular formula is C27H30FN3O5. The van der Waals surface area contributed by atoms with E-state index < -0.39 is 11.7 Å². The normalized spacial score (nSPS) is 23.4. The Morgan fingerprint density at radius 3 is 2.61 bits per heavy atom. The maximum atomic E-state index is 13.4. The van der Waals surface area contributed by atoms with Gasteiger partial charge in [0, 0.05) is 24.8 Å². The zero-order chi connectivity index (χ0) is 25.2. The highest BCUT2D eigenvalue weighted by Gasteiger charge is 2.39. The Morgan fingerprint density at radius 2 is 1.86 bits per heavy atom. The lowest BCUT2D eigenvalue weighted by atomic mass is 9.94. The average Bonchev–Trinajstić information content (AvgIpc) is 3.70. The molecule has 0 bridgehead atoms. The second kappa shape index (κ2) is 10.3. The van der Waals surface area contributed by atoms with Crippen LogP contribution in [0.1, 0.15) is 52.8 Å². The van der Waals surface area contributed by atoms with Crippen LogP contribution in [-0.2, 0) is 9.53 Å². The van der Waals surface area contributed by atoms with E-state index in [1.807, 2.05) is 0 Å². The molecule has 2 aromatic rings. The summed E-state index contributed by atoms with van der Waals surface area (Å²) < 4.78 is 25.4. The third kappa shape index (κ3) is 5.51.